The van der Waals surface area contributed by atoms with Gasteiger partial charge >= 0.3 is 0 Å². The number of benzene rings is 2. The molecule has 2 atom stereocenters. The molecule has 0 amide bonds. The fourth-order valence-electron chi connectivity index (χ4n) is 4.55. The lowest BCUT2D eigenvalue weighted by atomic mass is 9.85. The minimum atomic E-state index is 0.309. The van der Waals surface area contributed by atoms with Gasteiger partial charge in [0, 0.05) is 17.2 Å². The molecular formula is C20H18NO4+. The largest absolute Gasteiger partial charge is 0.454 e. The van der Waals surface area contributed by atoms with E-state index in [1.54, 1.807) is 0 Å². The van der Waals surface area contributed by atoms with Gasteiger partial charge in [-0.05, 0) is 47.5 Å². The number of nitrogens with one attached hydrogen (secondary N) is 1. The minimum absolute atomic E-state index is 0.309. The first kappa shape index (κ1) is 13.6. The first-order chi connectivity index (χ1) is 12.3. The first-order valence-corrected chi connectivity index (χ1v) is 8.68. The Morgan fingerprint density at radius 2 is 1.56 bits per heavy atom. The molecule has 5 heteroatoms. The average Bonchev–Trinajstić information content (AvgIpc) is 3.26. The Morgan fingerprint density at radius 3 is 2.36 bits per heavy atom. The van der Waals surface area contributed by atoms with E-state index in [1.807, 2.05) is 0 Å². The summed E-state index contributed by atoms with van der Waals surface area (Å²) in [7, 11) is 0. The third-order valence-corrected chi connectivity index (χ3v) is 5.74. The van der Waals surface area contributed by atoms with E-state index in [4.69, 9.17) is 18.9 Å². The maximum Gasteiger partial charge on any atom is 0.231 e. The summed E-state index contributed by atoms with van der Waals surface area (Å²) in [5.41, 5.74) is 4.09. The molecule has 6 rings (SSSR count). The van der Waals surface area contributed by atoms with Gasteiger partial charge in [0.25, 0.3) is 0 Å². The van der Waals surface area contributed by atoms with Gasteiger partial charge in [0.15, 0.2) is 23.0 Å². The Kier molecular flexibility index (Phi) is 2.56. The molecule has 25 heavy (non-hydrogen) atoms. The van der Waals surface area contributed by atoms with Crippen molar-refractivity contribution >= 4 is 11.8 Å². The molecule has 5 nitrogen and oxygen atoms in total. The molecule has 2 unspecified atom stereocenters. The average molecular weight is 336 g/mol. The van der Waals surface area contributed by atoms with E-state index in [0.29, 0.717) is 19.6 Å². The van der Waals surface area contributed by atoms with Gasteiger partial charge in [0.1, 0.15) is 12.2 Å². The molecule has 4 heterocycles. The van der Waals surface area contributed by atoms with Crippen LogP contribution < -0.4 is 34.3 Å². The van der Waals surface area contributed by atoms with Gasteiger partial charge in [-0.2, -0.15) is 0 Å². The lowest BCUT2D eigenvalue weighted by Gasteiger charge is -2.34. The molecule has 2 aromatic carbocycles. The van der Waals surface area contributed by atoms with E-state index in [2.05, 4.69) is 37.4 Å². The van der Waals surface area contributed by atoms with Gasteiger partial charge in [0.05, 0.1) is 6.54 Å². The summed E-state index contributed by atoms with van der Waals surface area (Å²) in [5, 5.41) is 2.49. The molecule has 4 aliphatic heterocycles. The minimum Gasteiger partial charge on any atom is -0.454 e. The quantitative estimate of drug-likeness (QED) is 0.749. The molecule has 1 N–H and O–H groups in total. The van der Waals surface area contributed by atoms with Crippen LogP contribution in [0.3, 0.4) is 0 Å². The number of fused-ring (bicyclic) bond motifs is 6. The normalized spacial score (nSPS) is 24.3. The SMILES string of the molecule is CC1=c2cc3c(cc2=C[NH+]2CCc4cc5c(cc4C12)OCO5)OCO3. The van der Waals surface area contributed by atoms with Crippen molar-refractivity contribution in [2.45, 2.75) is 19.4 Å². The van der Waals surface area contributed by atoms with Crippen molar-refractivity contribution in [3.8, 4) is 23.0 Å². The van der Waals surface area contributed by atoms with E-state index < -0.39 is 0 Å². The van der Waals surface area contributed by atoms with Gasteiger partial charge < -0.3 is 18.9 Å². The van der Waals surface area contributed by atoms with E-state index in [1.165, 1.54) is 32.0 Å². The topological polar surface area (TPSA) is 41.4 Å². The summed E-state index contributed by atoms with van der Waals surface area (Å²) >= 11 is 0. The molecule has 0 saturated heterocycles. The van der Waals surface area contributed by atoms with Gasteiger partial charge in [-0.3, -0.25) is 4.90 Å². The zero-order valence-corrected chi connectivity index (χ0v) is 13.9. The molecule has 0 spiro atoms. The number of hydrogen-bond donors (Lipinski definition) is 1. The van der Waals surface area contributed by atoms with Crippen molar-refractivity contribution in [3.63, 3.8) is 0 Å². The van der Waals surface area contributed by atoms with Crippen molar-refractivity contribution in [1.29, 1.82) is 0 Å². The molecule has 2 aromatic rings. The predicted octanol–water partition coefficient (Wildman–Crippen LogP) is 0.248. The predicted molar refractivity (Wildman–Crippen MR) is 90.2 cm³/mol. The molecule has 0 bridgehead atoms. The first-order valence-electron chi connectivity index (χ1n) is 8.68. The monoisotopic (exact) mass is 336 g/mol. The maximum absolute atomic E-state index is 5.62. The summed E-state index contributed by atoms with van der Waals surface area (Å²) in [5.74, 6) is 3.44. The molecule has 0 saturated carbocycles. The molecule has 0 aromatic heterocycles. The van der Waals surface area contributed by atoms with Gasteiger partial charge in [0.2, 0.25) is 13.6 Å². The van der Waals surface area contributed by atoms with Crippen LogP contribution in [0.15, 0.2) is 24.3 Å². The highest BCUT2D eigenvalue weighted by Crippen LogP contribution is 2.39. The van der Waals surface area contributed by atoms with Crippen LogP contribution in [0.4, 0.5) is 0 Å². The second-order valence-electron chi connectivity index (χ2n) is 7.03. The molecule has 0 aliphatic carbocycles. The van der Waals surface area contributed by atoms with Crippen molar-refractivity contribution in [2.75, 3.05) is 20.1 Å². The van der Waals surface area contributed by atoms with Crippen LogP contribution in [0.25, 0.3) is 11.8 Å². The number of hydrogen-bond acceptors (Lipinski definition) is 4. The van der Waals surface area contributed by atoms with Crippen molar-refractivity contribution in [1.82, 2.24) is 0 Å². The zero-order valence-electron chi connectivity index (χ0n) is 13.9. The van der Waals surface area contributed by atoms with Gasteiger partial charge in [-0.25, -0.2) is 0 Å². The summed E-state index contributed by atoms with van der Waals surface area (Å²) in [6, 6.07) is 8.89. The van der Waals surface area contributed by atoms with Crippen LogP contribution in [-0.2, 0) is 6.42 Å². The lowest BCUT2D eigenvalue weighted by molar-refractivity contribution is -0.845. The lowest BCUT2D eigenvalue weighted by Crippen LogP contribution is -3.10. The van der Waals surface area contributed by atoms with E-state index in [0.717, 1.165) is 36.0 Å². The Hall–Kier alpha value is -2.66. The maximum atomic E-state index is 5.62. The van der Waals surface area contributed by atoms with Crippen molar-refractivity contribution < 1.29 is 23.8 Å². The fourth-order valence-corrected chi connectivity index (χ4v) is 4.55. The third kappa shape index (κ3) is 1.81. The molecular weight excluding hydrogens is 318 g/mol. The zero-order chi connectivity index (χ0) is 16.5. The molecule has 0 fully saturated rings. The highest BCUT2D eigenvalue weighted by Gasteiger charge is 2.36. The highest BCUT2D eigenvalue weighted by molar-refractivity contribution is 5.61. The Balaban J connectivity index is 1.59. The van der Waals surface area contributed by atoms with Gasteiger partial charge in [-0.15, -0.1) is 0 Å². The van der Waals surface area contributed by atoms with Crippen LogP contribution in [-0.4, -0.2) is 20.1 Å². The van der Waals surface area contributed by atoms with Crippen molar-refractivity contribution in [2.24, 2.45) is 0 Å². The Morgan fingerprint density at radius 1 is 0.880 bits per heavy atom. The number of rotatable bonds is 0. The Bertz CT molecular complexity index is 1040. The van der Waals surface area contributed by atoms with E-state index >= 15 is 0 Å². The Labute approximate surface area is 144 Å². The van der Waals surface area contributed by atoms with Crippen LogP contribution in [0.1, 0.15) is 24.1 Å². The highest BCUT2D eigenvalue weighted by atomic mass is 16.7. The summed E-state index contributed by atoms with van der Waals surface area (Å²) in [6.07, 6.45) is 3.38. The van der Waals surface area contributed by atoms with Crippen LogP contribution in [0, 0.1) is 0 Å². The fraction of sp³-hybridized carbons (Fsp3) is 0.300. The number of quaternary nitrogens is 1. The molecule has 126 valence electrons. The molecule has 4 aliphatic rings. The summed E-state index contributed by atoms with van der Waals surface area (Å²) in [4.78, 5) is 1.47. The van der Waals surface area contributed by atoms with Crippen LogP contribution in [0.2, 0.25) is 0 Å². The second kappa shape index (κ2) is 4.70. The summed E-state index contributed by atoms with van der Waals surface area (Å²) < 4.78 is 22.3. The molecule has 0 radical (unpaired) electrons. The van der Waals surface area contributed by atoms with E-state index in [9.17, 15) is 0 Å². The second-order valence-corrected chi connectivity index (χ2v) is 7.03. The van der Waals surface area contributed by atoms with Crippen molar-refractivity contribution in [3.05, 3.63) is 45.8 Å². The number of ether oxygens (including phenoxy) is 4. The van der Waals surface area contributed by atoms with E-state index in [-0.39, 0.29) is 0 Å². The summed E-state index contributed by atoms with van der Waals surface area (Å²) in [6.45, 7) is 3.94. The smallest absolute Gasteiger partial charge is 0.231 e. The van der Waals surface area contributed by atoms with Crippen LogP contribution in [0.5, 0.6) is 23.0 Å². The van der Waals surface area contributed by atoms with Crippen LogP contribution >= 0.6 is 0 Å². The standard InChI is InChI=1S/C20H17NO4/c1-11-14-6-18-17(23-10-24-18)5-13(14)8-21-3-2-12-4-16-19(25-9-22-16)7-15(12)20(11)21/h4-8,20H,2-3,9-10H2,1H3/p+1. The van der Waals surface area contributed by atoms with Gasteiger partial charge in [-0.1, -0.05) is 0 Å². The third-order valence-electron chi connectivity index (χ3n) is 5.74.